The standard InChI is InChI=1S/C23H18F2N2O4S/c1-32(30,31)15-10-11-19-18(13-15)26-22(28)20(12-14-6-3-2-4-7-14)27(19)23(29)21-16(24)8-5-9-17(21)25/h2-11,13,20H,12H2,1H3,(H,26,28)/t20-/m0/s1. The second kappa shape index (κ2) is 8.16. The molecule has 9 heteroatoms. The normalized spacial score (nSPS) is 15.8. The Morgan fingerprint density at radius 3 is 2.28 bits per heavy atom. The highest BCUT2D eigenvalue weighted by Crippen LogP contribution is 2.36. The zero-order valence-corrected chi connectivity index (χ0v) is 17.7. The fourth-order valence-electron chi connectivity index (χ4n) is 3.65. The zero-order valence-electron chi connectivity index (χ0n) is 16.9. The van der Waals surface area contributed by atoms with Crippen LogP contribution in [-0.2, 0) is 21.1 Å². The van der Waals surface area contributed by atoms with Crippen molar-refractivity contribution in [2.45, 2.75) is 17.4 Å². The minimum atomic E-state index is -3.59. The van der Waals surface area contributed by atoms with Crippen LogP contribution >= 0.6 is 0 Å². The molecule has 0 saturated heterocycles. The summed E-state index contributed by atoms with van der Waals surface area (Å²) in [6, 6.07) is 14.7. The number of amides is 2. The number of nitrogens with one attached hydrogen (secondary N) is 1. The Bertz CT molecular complexity index is 1310. The molecule has 0 spiro atoms. The van der Waals surface area contributed by atoms with Crippen LogP contribution in [0, 0.1) is 11.6 Å². The first-order valence-electron chi connectivity index (χ1n) is 9.63. The zero-order chi connectivity index (χ0) is 23.0. The Morgan fingerprint density at radius 2 is 1.66 bits per heavy atom. The Morgan fingerprint density at radius 1 is 1.00 bits per heavy atom. The van der Waals surface area contributed by atoms with Gasteiger partial charge in [0.05, 0.1) is 16.3 Å². The monoisotopic (exact) mass is 456 g/mol. The molecular weight excluding hydrogens is 438 g/mol. The van der Waals surface area contributed by atoms with E-state index in [2.05, 4.69) is 5.32 Å². The van der Waals surface area contributed by atoms with Gasteiger partial charge in [-0.2, -0.15) is 0 Å². The van der Waals surface area contributed by atoms with E-state index < -0.39 is 44.9 Å². The van der Waals surface area contributed by atoms with Gasteiger partial charge in [-0.15, -0.1) is 0 Å². The first-order chi connectivity index (χ1) is 15.2. The van der Waals surface area contributed by atoms with Gasteiger partial charge in [-0.1, -0.05) is 36.4 Å². The molecule has 3 aromatic carbocycles. The van der Waals surface area contributed by atoms with Crippen molar-refractivity contribution in [2.75, 3.05) is 16.5 Å². The van der Waals surface area contributed by atoms with Crippen LogP contribution in [0.15, 0.2) is 71.6 Å². The highest BCUT2D eigenvalue weighted by Gasteiger charge is 2.39. The van der Waals surface area contributed by atoms with Gasteiger partial charge in [-0.25, -0.2) is 17.2 Å². The molecule has 1 aliphatic heterocycles. The lowest BCUT2D eigenvalue weighted by molar-refractivity contribution is -0.117. The maximum absolute atomic E-state index is 14.4. The molecule has 3 aromatic rings. The molecule has 1 aliphatic rings. The summed E-state index contributed by atoms with van der Waals surface area (Å²) in [7, 11) is -3.59. The molecule has 0 saturated carbocycles. The summed E-state index contributed by atoms with van der Waals surface area (Å²) in [4.78, 5) is 27.3. The summed E-state index contributed by atoms with van der Waals surface area (Å²) in [5.41, 5.74) is 0.145. The van der Waals surface area contributed by atoms with Crippen molar-refractivity contribution in [3.8, 4) is 0 Å². The second-order valence-electron chi connectivity index (χ2n) is 7.42. The van der Waals surface area contributed by atoms with E-state index in [9.17, 15) is 26.8 Å². The van der Waals surface area contributed by atoms with Gasteiger partial charge in [0.2, 0.25) is 5.91 Å². The Labute approximate surface area is 183 Å². The summed E-state index contributed by atoms with van der Waals surface area (Å²) in [6.07, 6.45) is 1.09. The molecule has 1 heterocycles. The minimum Gasteiger partial charge on any atom is -0.322 e. The quantitative estimate of drug-likeness (QED) is 0.651. The van der Waals surface area contributed by atoms with E-state index in [0.29, 0.717) is 0 Å². The summed E-state index contributed by atoms with van der Waals surface area (Å²) in [5.74, 6) is -3.76. The first-order valence-corrected chi connectivity index (χ1v) is 11.5. The first kappa shape index (κ1) is 21.6. The largest absolute Gasteiger partial charge is 0.322 e. The van der Waals surface area contributed by atoms with Crippen LogP contribution in [0.1, 0.15) is 15.9 Å². The van der Waals surface area contributed by atoms with Crippen molar-refractivity contribution in [3.05, 3.63) is 89.5 Å². The Kier molecular flexibility index (Phi) is 5.52. The molecule has 0 aromatic heterocycles. The number of fused-ring (bicyclic) bond motifs is 1. The van der Waals surface area contributed by atoms with Gasteiger partial charge < -0.3 is 5.32 Å². The number of sulfone groups is 1. The Balaban J connectivity index is 1.88. The molecule has 0 aliphatic carbocycles. The minimum absolute atomic E-state index is 0.0623. The third-order valence-corrected chi connectivity index (χ3v) is 6.31. The average molecular weight is 456 g/mol. The van der Waals surface area contributed by atoms with Crippen LogP contribution in [0.2, 0.25) is 0 Å². The van der Waals surface area contributed by atoms with Gasteiger partial charge in [0.25, 0.3) is 5.91 Å². The smallest absolute Gasteiger partial charge is 0.265 e. The maximum atomic E-state index is 14.4. The highest BCUT2D eigenvalue weighted by atomic mass is 32.2. The molecule has 0 fully saturated rings. The molecule has 6 nitrogen and oxygen atoms in total. The van der Waals surface area contributed by atoms with Crippen molar-refractivity contribution < 1.29 is 26.8 Å². The summed E-state index contributed by atoms with van der Waals surface area (Å²) >= 11 is 0. The van der Waals surface area contributed by atoms with Crippen molar-refractivity contribution in [3.63, 3.8) is 0 Å². The lowest BCUT2D eigenvalue weighted by Crippen LogP contribution is -2.52. The van der Waals surface area contributed by atoms with Gasteiger partial charge in [-0.3, -0.25) is 14.5 Å². The molecule has 0 radical (unpaired) electrons. The summed E-state index contributed by atoms with van der Waals surface area (Å²) in [6.45, 7) is 0. The number of carbonyl (C=O) groups is 2. The molecule has 4 rings (SSSR count). The average Bonchev–Trinajstić information content (AvgIpc) is 2.73. The van der Waals surface area contributed by atoms with Crippen LogP contribution in [0.4, 0.5) is 20.2 Å². The van der Waals surface area contributed by atoms with Crippen LogP contribution in [0.5, 0.6) is 0 Å². The second-order valence-corrected chi connectivity index (χ2v) is 9.43. The van der Waals surface area contributed by atoms with Crippen LogP contribution < -0.4 is 10.2 Å². The molecule has 0 unspecified atom stereocenters. The van der Waals surface area contributed by atoms with Crippen molar-refractivity contribution in [1.29, 1.82) is 0 Å². The topological polar surface area (TPSA) is 83.6 Å². The van der Waals surface area contributed by atoms with E-state index >= 15 is 0 Å². The van der Waals surface area contributed by atoms with Gasteiger partial charge >= 0.3 is 0 Å². The predicted octanol–water partition coefficient (Wildman–Crippen LogP) is 3.58. The number of benzene rings is 3. The fraction of sp³-hybridized carbons (Fsp3) is 0.130. The maximum Gasteiger partial charge on any atom is 0.265 e. The number of hydrogen-bond donors (Lipinski definition) is 1. The van der Waals surface area contributed by atoms with Gasteiger partial charge in [0.15, 0.2) is 9.84 Å². The third-order valence-electron chi connectivity index (χ3n) is 5.20. The van der Waals surface area contributed by atoms with Crippen LogP contribution in [0.3, 0.4) is 0 Å². The Hall–Kier alpha value is -3.59. The van der Waals surface area contributed by atoms with E-state index in [1.165, 1.54) is 18.2 Å². The number of rotatable bonds is 4. The number of halogens is 2. The predicted molar refractivity (Wildman–Crippen MR) is 115 cm³/mol. The number of hydrogen-bond acceptors (Lipinski definition) is 4. The number of anilines is 2. The fourth-order valence-corrected chi connectivity index (χ4v) is 4.30. The van der Waals surface area contributed by atoms with E-state index in [0.717, 1.165) is 34.9 Å². The van der Waals surface area contributed by atoms with Crippen molar-refractivity contribution in [2.24, 2.45) is 0 Å². The number of nitrogens with zero attached hydrogens (tertiary/aromatic N) is 1. The molecule has 164 valence electrons. The third kappa shape index (κ3) is 3.99. The van der Waals surface area contributed by atoms with E-state index in [-0.39, 0.29) is 22.7 Å². The lowest BCUT2D eigenvalue weighted by atomic mass is 9.98. The van der Waals surface area contributed by atoms with E-state index in [1.807, 2.05) is 0 Å². The van der Waals surface area contributed by atoms with Crippen molar-refractivity contribution >= 4 is 33.0 Å². The molecule has 0 bridgehead atoms. The number of carbonyl (C=O) groups excluding carboxylic acids is 2. The van der Waals surface area contributed by atoms with Gasteiger partial charge in [0, 0.05) is 12.7 Å². The molecule has 2 amide bonds. The summed E-state index contributed by atoms with van der Waals surface area (Å²) in [5, 5.41) is 2.62. The summed E-state index contributed by atoms with van der Waals surface area (Å²) < 4.78 is 52.8. The van der Waals surface area contributed by atoms with Crippen LogP contribution in [0.25, 0.3) is 0 Å². The van der Waals surface area contributed by atoms with Gasteiger partial charge in [0.1, 0.15) is 23.2 Å². The van der Waals surface area contributed by atoms with Crippen LogP contribution in [-0.4, -0.2) is 32.5 Å². The van der Waals surface area contributed by atoms with Gasteiger partial charge in [-0.05, 0) is 35.9 Å². The molecule has 1 N–H and O–H groups in total. The molecular formula is C23H18F2N2O4S. The van der Waals surface area contributed by atoms with Crippen molar-refractivity contribution in [1.82, 2.24) is 0 Å². The molecule has 1 atom stereocenters. The lowest BCUT2D eigenvalue weighted by Gasteiger charge is -2.37. The SMILES string of the molecule is CS(=O)(=O)c1ccc2c(c1)NC(=O)[C@H](Cc1ccccc1)N2C(=O)c1c(F)cccc1F. The van der Waals surface area contributed by atoms with E-state index in [4.69, 9.17) is 0 Å². The molecule has 32 heavy (non-hydrogen) atoms. The van der Waals surface area contributed by atoms with E-state index in [1.54, 1.807) is 30.3 Å². The highest BCUT2D eigenvalue weighted by molar-refractivity contribution is 7.90.